The van der Waals surface area contributed by atoms with Crippen LogP contribution in [0.2, 0.25) is 0 Å². The first kappa shape index (κ1) is 11.1. The Morgan fingerprint density at radius 1 is 1.55 bits per heavy atom. The lowest BCUT2D eigenvalue weighted by Gasteiger charge is -2.09. The van der Waals surface area contributed by atoms with Gasteiger partial charge in [0.2, 0.25) is 0 Å². The molecule has 0 heterocycles. The van der Waals surface area contributed by atoms with Crippen LogP contribution in [0.4, 0.5) is 0 Å². The molecule has 0 rings (SSSR count). The predicted octanol–water partition coefficient (Wildman–Crippen LogP) is 2.48. The van der Waals surface area contributed by atoms with Gasteiger partial charge >= 0.3 is 5.97 Å². The van der Waals surface area contributed by atoms with Crippen molar-refractivity contribution < 1.29 is 9.53 Å². The van der Waals surface area contributed by atoms with Gasteiger partial charge in [0.15, 0.2) is 3.79 Å². The van der Waals surface area contributed by atoms with Gasteiger partial charge in [-0.15, -0.1) is 0 Å². The highest BCUT2D eigenvalue weighted by Gasteiger charge is 2.19. The maximum absolute atomic E-state index is 10.4. The number of alkyl halides is 3. The second-order valence-electron chi connectivity index (χ2n) is 1.74. The third kappa shape index (κ3) is 7.98. The molecule has 0 saturated heterocycles. The van der Waals surface area contributed by atoms with Gasteiger partial charge in [-0.3, -0.25) is 0 Å². The van der Waals surface area contributed by atoms with Gasteiger partial charge in [0.25, 0.3) is 0 Å². The summed E-state index contributed by atoms with van der Waals surface area (Å²) < 4.78 is 3.20. The van der Waals surface area contributed by atoms with Crippen molar-refractivity contribution in [3.05, 3.63) is 12.7 Å². The Labute approximate surface area is 80.1 Å². The minimum Gasteiger partial charge on any atom is -0.462 e. The molecule has 0 aliphatic rings. The number of hydrogen-bond acceptors (Lipinski definition) is 2. The van der Waals surface area contributed by atoms with Crippen LogP contribution < -0.4 is 0 Å². The summed E-state index contributed by atoms with van der Waals surface area (Å²) in [5.41, 5.74) is 0. The minimum atomic E-state index is -1.36. The molecule has 11 heavy (non-hydrogen) atoms. The highest BCUT2D eigenvalue weighted by Crippen LogP contribution is 2.29. The molecule has 2 nitrogen and oxygen atoms in total. The SMILES string of the molecule is C=CC(=O)OCCC(Cl)(Cl)Cl. The van der Waals surface area contributed by atoms with Crippen molar-refractivity contribution in [2.75, 3.05) is 6.61 Å². The molecule has 64 valence electrons. The highest BCUT2D eigenvalue weighted by atomic mass is 35.6. The summed E-state index contributed by atoms with van der Waals surface area (Å²) in [6.07, 6.45) is 1.23. The first-order chi connectivity index (χ1) is 4.95. The molecule has 0 radical (unpaired) electrons. The maximum atomic E-state index is 10.4. The molecule has 0 aromatic carbocycles. The average Bonchev–Trinajstić information content (AvgIpc) is 1.85. The van der Waals surface area contributed by atoms with Crippen LogP contribution in [0, 0.1) is 0 Å². The van der Waals surface area contributed by atoms with E-state index < -0.39 is 9.76 Å². The van der Waals surface area contributed by atoms with Crippen LogP contribution >= 0.6 is 34.8 Å². The Morgan fingerprint density at radius 2 is 2.09 bits per heavy atom. The van der Waals surface area contributed by atoms with E-state index in [1.54, 1.807) is 0 Å². The molecule has 0 aromatic rings. The summed E-state index contributed by atoms with van der Waals surface area (Å²) in [7, 11) is 0. The lowest BCUT2D eigenvalue weighted by atomic mass is 10.5. The Bertz CT molecular complexity index is 150. The standard InChI is InChI=1S/C6H7Cl3O2/c1-2-5(10)11-4-3-6(7,8)9/h2H,1,3-4H2. The molecule has 0 fully saturated rings. The summed E-state index contributed by atoms with van der Waals surface area (Å²) in [5.74, 6) is -0.515. The fourth-order valence-electron chi connectivity index (χ4n) is 0.326. The van der Waals surface area contributed by atoms with Crippen LogP contribution in [-0.4, -0.2) is 16.4 Å². The van der Waals surface area contributed by atoms with E-state index in [0.717, 1.165) is 6.08 Å². The molecule has 0 atom stereocenters. The number of ether oxygens (including phenoxy) is 1. The second kappa shape index (κ2) is 4.86. The number of carbonyl (C=O) groups excluding carboxylic acids is 1. The molecule has 0 aromatic heterocycles. The van der Waals surface area contributed by atoms with Crippen LogP contribution in [0.5, 0.6) is 0 Å². The monoisotopic (exact) mass is 216 g/mol. The molecule has 0 saturated carbocycles. The summed E-state index contributed by atoms with van der Waals surface area (Å²) in [6, 6.07) is 0. The first-order valence-electron chi connectivity index (χ1n) is 2.81. The van der Waals surface area contributed by atoms with Crippen molar-refractivity contribution >= 4 is 40.8 Å². The summed E-state index contributed by atoms with van der Waals surface area (Å²) in [4.78, 5) is 10.4. The maximum Gasteiger partial charge on any atom is 0.330 e. The Hall–Kier alpha value is 0.0800. The smallest absolute Gasteiger partial charge is 0.330 e. The zero-order valence-electron chi connectivity index (χ0n) is 5.65. The number of hydrogen-bond donors (Lipinski definition) is 0. The van der Waals surface area contributed by atoms with E-state index in [1.165, 1.54) is 0 Å². The minimum absolute atomic E-state index is 0.0847. The third-order valence-electron chi connectivity index (χ3n) is 0.797. The molecule has 0 N–H and O–H groups in total. The average molecular weight is 217 g/mol. The molecule has 0 amide bonds. The zero-order chi connectivity index (χ0) is 8.91. The highest BCUT2D eigenvalue weighted by molar-refractivity contribution is 6.67. The number of esters is 1. The van der Waals surface area contributed by atoms with Crippen LogP contribution in [0.1, 0.15) is 6.42 Å². The third-order valence-corrected chi connectivity index (χ3v) is 1.36. The normalized spacial score (nSPS) is 10.8. The quantitative estimate of drug-likeness (QED) is 0.412. The van der Waals surface area contributed by atoms with Gasteiger partial charge in [0, 0.05) is 12.5 Å². The van der Waals surface area contributed by atoms with E-state index in [0.29, 0.717) is 0 Å². The van der Waals surface area contributed by atoms with Gasteiger partial charge < -0.3 is 4.74 Å². The van der Waals surface area contributed by atoms with Gasteiger partial charge in [-0.25, -0.2) is 4.79 Å². The van der Waals surface area contributed by atoms with Crippen molar-refractivity contribution in [2.24, 2.45) is 0 Å². The van der Waals surface area contributed by atoms with Crippen molar-refractivity contribution in [3.8, 4) is 0 Å². The molecule has 0 bridgehead atoms. The molecule has 0 aliphatic heterocycles. The fourth-order valence-corrected chi connectivity index (χ4v) is 0.558. The number of rotatable bonds is 3. The fraction of sp³-hybridized carbons (Fsp3) is 0.500. The van der Waals surface area contributed by atoms with Gasteiger partial charge in [0.05, 0.1) is 6.61 Å². The lowest BCUT2D eigenvalue weighted by Crippen LogP contribution is -2.10. The largest absolute Gasteiger partial charge is 0.462 e. The van der Waals surface area contributed by atoms with Crippen molar-refractivity contribution in [2.45, 2.75) is 10.2 Å². The van der Waals surface area contributed by atoms with E-state index in [4.69, 9.17) is 34.8 Å². The van der Waals surface area contributed by atoms with Gasteiger partial charge in [-0.05, 0) is 0 Å². The predicted molar refractivity (Wildman–Crippen MR) is 46.1 cm³/mol. The lowest BCUT2D eigenvalue weighted by molar-refractivity contribution is -0.137. The van der Waals surface area contributed by atoms with E-state index in [1.807, 2.05) is 0 Å². The van der Waals surface area contributed by atoms with Crippen molar-refractivity contribution in [3.63, 3.8) is 0 Å². The van der Waals surface area contributed by atoms with E-state index in [-0.39, 0.29) is 13.0 Å². The molecule has 5 heteroatoms. The first-order valence-corrected chi connectivity index (χ1v) is 3.95. The summed E-state index contributed by atoms with van der Waals surface area (Å²) >= 11 is 16.1. The Balaban J connectivity index is 3.42. The molecule has 0 aliphatic carbocycles. The van der Waals surface area contributed by atoms with Crippen LogP contribution in [0.3, 0.4) is 0 Å². The van der Waals surface area contributed by atoms with Crippen molar-refractivity contribution in [1.29, 1.82) is 0 Å². The molecular weight excluding hydrogens is 210 g/mol. The molecule has 0 unspecified atom stereocenters. The Kier molecular flexibility index (Phi) is 4.89. The number of carbonyl (C=O) groups is 1. The van der Waals surface area contributed by atoms with Gasteiger partial charge in [0.1, 0.15) is 0 Å². The van der Waals surface area contributed by atoms with Gasteiger partial charge in [-0.2, -0.15) is 0 Å². The number of halogens is 3. The summed E-state index contributed by atoms with van der Waals surface area (Å²) in [6.45, 7) is 3.29. The zero-order valence-corrected chi connectivity index (χ0v) is 7.92. The van der Waals surface area contributed by atoms with Crippen LogP contribution in [0.25, 0.3) is 0 Å². The van der Waals surface area contributed by atoms with E-state index >= 15 is 0 Å². The Morgan fingerprint density at radius 3 is 2.45 bits per heavy atom. The topological polar surface area (TPSA) is 26.3 Å². The van der Waals surface area contributed by atoms with E-state index in [2.05, 4.69) is 11.3 Å². The van der Waals surface area contributed by atoms with Crippen LogP contribution in [0.15, 0.2) is 12.7 Å². The van der Waals surface area contributed by atoms with E-state index in [9.17, 15) is 4.79 Å². The van der Waals surface area contributed by atoms with Crippen LogP contribution in [-0.2, 0) is 9.53 Å². The molecular formula is C6H7Cl3O2. The van der Waals surface area contributed by atoms with Gasteiger partial charge in [-0.1, -0.05) is 41.4 Å². The van der Waals surface area contributed by atoms with Crippen molar-refractivity contribution in [1.82, 2.24) is 0 Å². The summed E-state index contributed by atoms with van der Waals surface area (Å²) in [5, 5.41) is 0. The molecule has 0 spiro atoms. The second-order valence-corrected chi connectivity index (χ2v) is 4.25.